The van der Waals surface area contributed by atoms with Gasteiger partial charge in [0.2, 0.25) is 0 Å². The van der Waals surface area contributed by atoms with Crippen molar-refractivity contribution in [3.8, 4) is 5.75 Å². The molecule has 1 aromatic carbocycles. The summed E-state index contributed by atoms with van der Waals surface area (Å²) in [5, 5.41) is 6.46. The Bertz CT molecular complexity index is 528. The van der Waals surface area contributed by atoms with E-state index < -0.39 is 0 Å². The van der Waals surface area contributed by atoms with Gasteiger partial charge < -0.3 is 15.4 Å². The van der Waals surface area contributed by atoms with Gasteiger partial charge in [0, 0.05) is 19.2 Å². The zero-order chi connectivity index (χ0) is 14.2. The zero-order valence-corrected chi connectivity index (χ0v) is 11.9. The van der Waals surface area contributed by atoms with Crippen LogP contribution in [0, 0.1) is 0 Å². The third-order valence-corrected chi connectivity index (χ3v) is 2.90. The minimum absolute atomic E-state index is 0.828. The maximum Gasteiger partial charge on any atom is 0.131 e. The quantitative estimate of drug-likeness (QED) is 0.811. The molecule has 0 spiro atoms. The predicted molar refractivity (Wildman–Crippen MR) is 81.4 cm³/mol. The van der Waals surface area contributed by atoms with Gasteiger partial charge in [-0.05, 0) is 31.0 Å². The van der Waals surface area contributed by atoms with Gasteiger partial charge in [-0.3, -0.25) is 0 Å². The van der Waals surface area contributed by atoms with Crippen molar-refractivity contribution in [1.82, 2.24) is 9.97 Å². The highest BCUT2D eigenvalue weighted by atomic mass is 16.5. The highest BCUT2D eigenvalue weighted by molar-refractivity contribution is 5.46. The molecular formula is C15H20N4O. The topological polar surface area (TPSA) is 59.1 Å². The fraction of sp³-hybridized carbons (Fsp3) is 0.333. The normalized spacial score (nSPS) is 10.1. The van der Waals surface area contributed by atoms with Crippen molar-refractivity contribution in [3.05, 3.63) is 42.2 Å². The SMILES string of the molecule is CCNc1cc(NCCc2ccc(OC)cc2)ncn1. The molecule has 0 atom stereocenters. The molecule has 106 valence electrons. The first-order chi connectivity index (χ1) is 9.81. The third-order valence-electron chi connectivity index (χ3n) is 2.90. The van der Waals surface area contributed by atoms with Crippen LogP contribution in [0.5, 0.6) is 5.75 Å². The van der Waals surface area contributed by atoms with Crippen molar-refractivity contribution < 1.29 is 4.74 Å². The fourth-order valence-corrected chi connectivity index (χ4v) is 1.86. The van der Waals surface area contributed by atoms with E-state index in [1.54, 1.807) is 13.4 Å². The molecule has 1 heterocycles. The number of rotatable bonds is 7. The van der Waals surface area contributed by atoms with Crippen LogP contribution in [-0.2, 0) is 6.42 Å². The number of ether oxygens (including phenoxy) is 1. The van der Waals surface area contributed by atoms with Crippen LogP contribution in [-0.4, -0.2) is 30.2 Å². The van der Waals surface area contributed by atoms with Gasteiger partial charge in [0.1, 0.15) is 23.7 Å². The van der Waals surface area contributed by atoms with Gasteiger partial charge in [-0.1, -0.05) is 12.1 Å². The molecule has 0 radical (unpaired) electrons. The van der Waals surface area contributed by atoms with E-state index in [-0.39, 0.29) is 0 Å². The maximum absolute atomic E-state index is 5.14. The lowest BCUT2D eigenvalue weighted by Crippen LogP contribution is -2.07. The molecule has 2 aromatic rings. The second kappa shape index (κ2) is 7.33. The molecule has 2 rings (SSSR count). The Balaban J connectivity index is 1.84. The molecule has 2 N–H and O–H groups in total. The van der Waals surface area contributed by atoms with Crippen molar-refractivity contribution in [1.29, 1.82) is 0 Å². The van der Waals surface area contributed by atoms with Crippen LogP contribution in [0.2, 0.25) is 0 Å². The van der Waals surface area contributed by atoms with Gasteiger partial charge in [0.25, 0.3) is 0 Å². The molecule has 0 aliphatic rings. The summed E-state index contributed by atoms with van der Waals surface area (Å²) in [7, 11) is 1.67. The molecule has 0 aliphatic heterocycles. The minimum Gasteiger partial charge on any atom is -0.497 e. The lowest BCUT2D eigenvalue weighted by atomic mass is 10.1. The molecule has 0 bridgehead atoms. The number of nitrogens with zero attached hydrogens (tertiary/aromatic N) is 2. The second-order valence-corrected chi connectivity index (χ2v) is 4.34. The summed E-state index contributed by atoms with van der Waals surface area (Å²) in [6.45, 7) is 3.72. The first kappa shape index (κ1) is 14.1. The lowest BCUT2D eigenvalue weighted by Gasteiger charge is -2.08. The molecule has 0 unspecified atom stereocenters. The second-order valence-electron chi connectivity index (χ2n) is 4.34. The number of methoxy groups -OCH3 is 1. The van der Waals surface area contributed by atoms with Crippen LogP contribution in [0.3, 0.4) is 0 Å². The number of hydrogen-bond donors (Lipinski definition) is 2. The summed E-state index contributed by atoms with van der Waals surface area (Å²) in [5.74, 6) is 2.56. The standard InChI is InChI=1S/C15H20N4O/c1-3-16-14-10-15(19-11-18-14)17-9-8-12-4-6-13(20-2)7-5-12/h4-7,10-11H,3,8-9H2,1-2H3,(H2,16,17,18,19). The highest BCUT2D eigenvalue weighted by Crippen LogP contribution is 2.12. The van der Waals surface area contributed by atoms with E-state index in [1.165, 1.54) is 5.56 Å². The van der Waals surface area contributed by atoms with Crippen molar-refractivity contribution >= 4 is 11.6 Å². The number of benzene rings is 1. The van der Waals surface area contributed by atoms with E-state index >= 15 is 0 Å². The molecule has 0 aliphatic carbocycles. The summed E-state index contributed by atoms with van der Waals surface area (Å²) in [5.41, 5.74) is 1.26. The molecule has 0 amide bonds. The summed E-state index contributed by atoms with van der Waals surface area (Å²) >= 11 is 0. The molecule has 1 aromatic heterocycles. The van der Waals surface area contributed by atoms with Gasteiger partial charge in [0.15, 0.2) is 0 Å². The van der Waals surface area contributed by atoms with E-state index in [4.69, 9.17) is 4.74 Å². The summed E-state index contributed by atoms with van der Waals surface area (Å²) in [6.07, 6.45) is 2.50. The molecule has 20 heavy (non-hydrogen) atoms. The summed E-state index contributed by atoms with van der Waals surface area (Å²) in [6, 6.07) is 10.0. The van der Waals surface area contributed by atoms with Gasteiger partial charge in [-0.25, -0.2) is 9.97 Å². The zero-order valence-electron chi connectivity index (χ0n) is 11.9. The Morgan fingerprint density at radius 1 is 1.05 bits per heavy atom. The smallest absolute Gasteiger partial charge is 0.131 e. The van der Waals surface area contributed by atoms with E-state index in [0.717, 1.165) is 36.9 Å². The fourth-order valence-electron chi connectivity index (χ4n) is 1.86. The highest BCUT2D eigenvalue weighted by Gasteiger charge is 1.98. The Morgan fingerprint density at radius 2 is 1.75 bits per heavy atom. The molecule has 0 saturated carbocycles. The largest absolute Gasteiger partial charge is 0.497 e. The van der Waals surface area contributed by atoms with Gasteiger partial charge in [-0.2, -0.15) is 0 Å². The summed E-state index contributed by atoms with van der Waals surface area (Å²) in [4.78, 5) is 8.34. The lowest BCUT2D eigenvalue weighted by molar-refractivity contribution is 0.414. The van der Waals surface area contributed by atoms with Gasteiger partial charge in [0.05, 0.1) is 7.11 Å². The molecule has 5 nitrogen and oxygen atoms in total. The van der Waals surface area contributed by atoms with E-state index in [0.29, 0.717) is 0 Å². The predicted octanol–water partition coefficient (Wildman–Crippen LogP) is 2.57. The molecule has 0 saturated heterocycles. The Labute approximate surface area is 119 Å². The van der Waals surface area contributed by atoms with Crippen LogP contribution < -0.4 is 15.4 Å². The Hall–Kier alpha value is -2.30. The van der Waals surface area contributed by atoms with Crippen LogP contribution in [0.1, 0.15) is 12.5 Å². The van der Waals surface area contributed by atoms with Crippen LogP contribution in [0.25, 0.3) is 0 Å². The van der Waals surface area contributed by atoms with Crippen LogP contribution in [0.4, 0.5) is 11.6 Å². The third kappa shape index (κ3) is 4.12. The summed E-state index contributed by atoms with van der Waals surface area (Å²) < 4.78 is 5.14. The van der Waals surface area contributed by atoms with E-state index in [1.807, 2.05) is 25.1 Å². The van der Waals surface area contributed by atoms with E-state index in [2.05, 4.69) is 32.7 Å². The van der Waals surface area contributed by atoms with Crippen molar-refractivity contribution in [2.45, 2.75) is 13.3 Å². The van der Waals surface area contributed by atoms with Crippen molar-refractivity contribution in [2.75, 3.05) is 30.8 Å². The minimum atomic E-state index is 0.828. The van der Waals surface area contributed by atoms with Crippen molar-refractivity contribution in [2.24, 2.45) is 0 Å². The molecule has 5 heteroatoms. The average molecular weight is 272 g/mol. The number of aromatic nitrogens is 2. The first-order valence-corrected chi connectivity index (χ1v) is 6.74. The Kier molecular flexibility index (Phi) is 5.17. The Morgan fingerprint density at radius 3 is 2.40 bits per heavy atom. The molecular weight excluding hydrogens is 252 g/mol. The maximum atomic E-state index is 5.14. The number of hydrogen-bond acceptors (Lipinski definition) is 5. The van der Waals surface area contributed by atoms with Crippen LogP contribution in [0.15, 0.2) is 36.7 Å². The monoisotopic (exact) mass is 272 g/mol. The van der Waals surface area contributed by atoms with Gasteiger partial charge in [-0.15, -0.1) is 0 Å². The van der Waals surface area contributed by atoms with E-state index in [9.17, 15) is 0 Å². The number of nitrogens with one attached hydrogen (secondary N) is 2. The average Bonchev–Trinajstić information content (AvgIpc) is 2.49. The number of anilines is 2. The first-order valence-electron chi connectivity index (χ1n) is 6.74. The van der Waals surface area contributed by atoms with Crippen molar-refractivity contribution in [3.63, 3.8) is 0 Å². The van der Waals surface area contributed by atoms with Crippen LogP contribution >= 0.6 is 0 Å². The van der Waals surface area contributed by atoms with Gasteiger partial charge >= 0.3 is 0 Å². The molecule has 0 fully saturated rings.